The molecule has 0 atom stereocenters. The molecule has 1 aromatic carbocycles. The van der Waals surface area contributed by atoms with Crippen LogP contribution in [-0.4, -0.2) is 32.8 Å². The number of nitrogens with one attached hydrogen (secondary N) is 2. The SMILES string of the molecule is CN=C(NCc1cccs1)NCC(C)(C)c1ccc2c(c1)OCCO2. The van der Waals surface area contributed by atoms with Gasteiger partial charge in [-0.3, -0.25) is 4.99 Å². The van der Waals surface area contributed by atoms with Gasteiger partial charge in [0.25, 0.3) is 0 Å². The maximum atomic E-state index is 5.71. The van der Waals surface area contributed by atoms with E-state index in [9.17, 15) is 0 Å². The molecule has 1 aliphatic rings. The fourth-order valence-corrected chi connectivity index (χ4v) is 3.32. The third-order valence-corrected chi connectivity index (χ3v) is 5.13. The van der Waals surface area contributed by atoms with Crippen molar-refractivity contribution in [2.75, 3.05) is 26.8 Å². The maximum absolute atomic E-state index is 5.71. The zero-order valence-corrected chi connectivity index (χ0v) is 15.8. The van der Waals surface area contributed by atoms with Crippen molar-refractivity contribution in [3.05, 3.63) is 46.2 Å². The molecule has 1 aromatic heterocycles. The first kappa shape index (κ1) is 17.6. The minimum absolute atomic E-state index is 0.0730. The molecule has 2 N–H and O–H groups in total. The summed E-state index contributed by atoms with van der Waals surface area (Å²) in [6.45, 7) is 7.17. The third-order valence-electron chi connectivity index (χ3n) is 4.26. The number of aliphatic imine (C=N–C) groups is 1. The summed E-state index contributed by atoms with van der Waals surface area (Å²) in [5.41, 5.74) is 1.13. The van der Waals surface area contributed by atoms with E-state index in [0.717, 1.165) is 30.5 Å². The van der Waals surface area contributed by atoms with E-state index >= 15 is 0 Å². The van der Waals surface area contributed by atoms with Crippen molar-refractivity contribution < 1.29 is 9.47 Å². The van der Waals surface area contributed by atoms with Crippen LogP contribution in [0.1, 0.15) is 24.3 Å². The molecule has 0 aliphatic carbocycles. The standard InChI is InChI=1S/C19H25N3O2S/c1-19(2,14-6-7-16-17(11-14)24-9-8-23-16)13-22-18(20-3)21-12-15-5-4-10-25-15/h4-7,10-11H,8-9,12-13H2,1-3H3,(H2,20,21,22). The number of hydrogen-bond donors (Lipinski definition) is 2. The molecule has 134 valence electrons. The topological polar surface area (TPSA) is 54.9 Å². The number of rotatable bonds is 5. The van der Waals surface area contributed by atoms with E-state index < -0.39 is 0 Å². The summed E-state index contributed by atoms with van der Waals surface area (Å²) in [5, 5.41) is 8.85. The van der Waals surface area contributed by atoms with E-state index in [4.69, 9.17) is 9.47 Å². The van der Waals surface area contributed by atoms with Crippen molar-refractivity contribution in [3.63, 3.8) is 0 Å². The van der Waals surface area contributed by atoms with Gasteiger partial charge in [-0.25, -0.2) is 0 Å². The number of ether oxygens (including phenoxy) is 2. The molecule has 0 spiro atoms. The smallest absolute Gasteiger partial charge is 0.191 e. The lowest BCUT2D eigenvalue weighted by molar-refractivity contribution is 0.171. The highest BCUT2D eigenvalue weighted by atomic mass is 32.1. The van der Waals surface area contributed by atoms with Crippen LogP contribution in [0.4, 0.5) is 0 Å². The summed E-state index contributed by atoms with van der Waals surface area (Å²) in [6, 6.07) is 10.4. The first-order valence-electron chi connectivity index (χ1n) is 8.45. The Balaban J connectivity index is 1.60. The number of fused-ring (bicyclic) bond motifs is 1. The molecule has 0 bridgehead atoms. The Hall–Kier alpha value is -2.21. The summed E-state index contributed by atoms with van der Waals surface area (Å²) in [4.78, 5) is 5.59. The predicted octanol–water partition coefficient (Wildman–Crippen LogP) is 3.16. The third kappa shape index (κ3) is 4.45. The molecule has 1 aliphatic heterocycles. The van der Waals surface area contributed by atoms with E-state index in [1.54, 1.807) is 18.4 Å². The molecule has 6 heteroatoms. The van der Waals surface area contributed by atoms with Crippen molar-refractivity contribution in [2.45, 2.75) is 25.8 Å². The summed E-state index contributed by atoms with van der Waals surface area (Å²) in [5.74, 6) is 2.46. The van der Waals surface area contributed by atoms with Gasteiger partial charge in [0.2, 0.25) is 0 Å². The molecular weight excluding hydrogens is 334 g/mol. The highest BCUT2D eigenvalue weighted by Crippen LogP contribution is 2.34. The minimum atomic E-state index is -0.0730. The van der Waals surface area contributed by atoms with Gasteiger partial charge in [-0.15, -0.1) is 11.3 Å². The van der Waals surface area contributed by atoms with Gasteiger partial charge >= 0.3 is 0 Å². The molecule has 0 saturated heterocycles. The van der Waals surface area contributed by atoms with Gasteiger partial charge in [0.05, 0.1) is 6.54 Å². The Morgan fingerprint density at radius 1 is 1.16 bits per heavy atom. The monoisotopic (exact) mass is 359 g/mol. The average molecular weight is 359 g/mol. The Kier molecular flexibility index (Phi) is 5.48. The van der Waals surface area contributed by atoms with Crippen molar-refractivity contribution in [3.8, 4) is 11.5 Å². The molecule has 2 heterocycles. The van der Waals surface area contributed by atoms with Crippen LogP contribution >= 0.6 is 11.3 Å². The summed E-state index contributed by atoms with van der Waals surface area (Å²) >= 11 is 1.74. The van der Waals surface area contributed by atoms with Crippen LogP contribution in [0.25, 0.3) is 0 Å². The summed E-state index contributed by atoms with van der Waals surface area (Å²) in [6.07, 6.45) is 0. The lowest BCUT2D eigenvalue weighted by Crippen LogP contribution is -2.43. The normalized spacial score (nSPS) is 14.3. The second-order valence-electron chi connectivity index (χ2n) is 6.60. The van der Waals surface area contributed by atoms with Crippen molar-refractivity contribution >= 4 is 17.3 Å². The van der Waals surface area contributed by atoms with E-state index in [1.165, 1.54) is 10.4 Å². The highest BCUT2D eigenvalue weighted by Gasteiger charge is 2.23. The van der Waals surface area contributed by atoms with Crippen LogP contribution < -0.4 is 20.1 Å². The number of thiophene rings is 1. The second-order valence-corrected chi connectivity index (χ2v) is 7.63. The lowest BCUT2D eigenvalue weighted by Gasteiger charge is -2.28. The molecule has 0 fully saturated rings. The second kappa shape index (κ2) is 7.78. The Morgan fingerprint density at radius 2 is 1.96 bits per heavy atom. The van der Waals surface area contributed by atoms with E-state index in [1.807, 2.05) is 6.07 Å². The summed E-state index contributed by atoms with van der Waals surface area (Å²) in [7, 11) is 1.79. The molecule has 0 unspecified atom stereocenters. The van der Waals surface area contributed by atoms with Crippen molar-refractivity contribution in [1.29, 1.82) is 0 Å². The number of guanidine groups is 1. The van der Waals surface area contributed by atoms with Gasteiger partial charge in [-0.05, 0) is 29.1 Å². The molecule has 2 aromatic rings. The molecular formula is C19H25N3O2S. The molecule has 0 radical (unpaired) electrons. The van der Waals surface area contributed by atoms with Crippen molar-refractivity contribution in [1.82, 2.24) is 10.6 Å². The molecule has 0 amide bonds. The quantitative estimate of drug-likeness (QED) is 0.636. The number of benzene rings is 1. The van der Waals surface area contributed by atoms with Gasteiger partial charge in [0, 0.05) is 23.9 Å². The van der Waals surface area contributed by atoms with Crippen LogP contribution in [0.5, 0.6) is 11.5 Å². The first-order valence-corrected chi connectivity index (χ1v) is 9.33. The van der Waals surface area contributed by atoms with Crippen molar-refractivity contribution in [2.24, 2.45) is 4.99 Å². The zero-order valence-electron chi connectivity index (χ0n) is 15.0. The first-order chi connectivity index (χ1) is 12.1. The zero-order chi connectivity index (χ0) is 17.7. The van der Waals surface area contributed by atoms with Gasteiger partial charge in [0.15, 0.2) is 17.5 Å². The maximum Gasteiger partial charge on any atom is 0.191 e. The van der Waals surface area contributed by atoms with Gasteiger partial charge in [-0.1, -0.05) is 26.0 Å². The Morgan fingerprint density at radius 3 is 2.68 bits per heavy atom. The average Bonchev–Trinajstić information content (AvgIpc) is 3.15. The highest BCUT2D eigenvalue weighted by molar-refractivity contribution is 7.09. The Labute approximate surface area is 153 Å². The van der Waals surface area contributed by atoms with Gasteiger partial charge in [-0.2, -0.15) is 0 Å². The summed E-state index contributed by atoms with van der Waals surface area (Å²) < 4.78 is 11.3. The van der Waals surface area contributed by atoms with E-state index in [0.29, 0.717) is 13.2 Å². The number of nitrogens with zero attached hydrogens (tertiary/aromatic N) is 1. The van der Waals surface area contributed by atoms with E-state index in [-0.39, 0.29) is 5.41 Å². The lowest BCUT2D eigenvalue weighted by atomic mass is 9.84. The predicted molar refractivity (Wildman–Crippen MR) is 103 cm³/mol. The Bertz CT molecular complexity index is 726. The fourth-order valence-electron chi connectivity index (χ4n) is 2.68. The van der Waals surface area contributed by atoms with Crippen LogP contribution in [-0.2, 0) is 12.0 Å². The number of hydrogen-bond acceptors (Lipinski definition) is 4. The fraction of sp³-hybridized carbons (Fsp3) is 0.421. The van der Waals surface area contributed by atoms with Gasteiger partial charge < -0.3 is 20.1 Å². The van der Waals surface area contributed by atoms with E-state index in [2.05, 4.69) is 59.1 Å². The van der Waals surface area contributed by atoms with Gasteiger partial charge in [0.1, 0.15) is 13.2 Å². The largest absolute Gasteiger partial charge is 0.486 e. The minimum Gasteiger partial charge on any atom is -0.486 e. The molecule has 3 rings (SSSR count). The van der Waals surface area contributed by atoms with Crippen LogP contribution in [0.15, 0.2) is 40.7 Å². The van der Waals surface area contributed by atoms with Crippen LogP contribution in [0, 0.1) is 0 Å². The van der Waals surface area contributed by atoms with Crippen LogP contribution in [0.2, 0.25) is 0 Å². The van der Waals surface area contributed by atoms with Crippen LogP contribution in [0.3, 0.4) is 0 Å². The molecule has 0 saturated carbocycles. The molecule has 25 heavy (non-hydrogen) atoms. The molecule has 5 nitrogen and oxygen atoms in total.